The predicted octanol–water partition coefficient (Wildman–Crippen LogP) is 1.44. The number of Topliss-reactive ketones (excluding diaryl/α,β-unsaturated/α-hetero) is 1. The van der Waals surface area contributed by atoms with Gasteiger partial charge in [-0.05, 0) is 25.1 Å². The number of hydrogen-bond donors (Lipinski definition) is 1. The van der Waals surface area contributed by atoms with Crippen molar-refractivity contribution in [2.45, 2.75) is 6.92 Å². The fourth-order valence-electron chi connectivity index (χ4n) is 2.01. The molecule has 0 unspecified atom stereocenters. The fraction of sp³-hybridized carbons (Fsp3) is 0.562. The molecule has 1 rings (SSSR count). The highest BCUT2D eigenvalue weighted by Crippen LogP contribution is 2.22. The number of ether oxygens (including phenoxy) is 3. The van der Waals surface area contributed by atoms with Crippen molar-refractivity contribution in [2.24, 2.45) is 0 Å². The zero-order valence-electron chi connectivity index (χ0n) is 13.6. The Kier molecular flexibility index (Phi) is 8.50. The SMILES string of the molecule is CCOc1ccc(C(=O)CN(CCOC)CCOC)cc1N. The largest absolute Gasteiger partial charge is 0.492 e. The van der Waals surface area contributed by atoms with Gasteiger partial charge in [0.2, 0.25) is 0 Å². The first kappa shape index (κ1) is 18.4. The minimum atomic E-state index is 0.0157. The summed E-state index contributed by atoms with van der Waals surface area (Å²) in [4.78, 5) is 14.4. The van der Waals surface area contributed by atoms with Gasteiger partial charge >= 0.3 is 0 Å². The second-order valence-electron chi connectivity index (χ2n) is 4.87. The third-order valence-electron chi connectivity index (χ3n) is 3.22. The predicted molar refractivity (Wildman–Crippen MR) is 86.5 cm³/mol. The van der Waals surface area contributed by atoms with Crippen molar-refractivity contribution >= 4 is 11.5 Å². The fourth-order valence-corrected chi connectivity index (χ4v) is 2.01. The molecule has 2 N–H and O–H groups in total. The Morgan fingerprint density at radius 1 is 1.18 bits per heavy atom. The van der Waals surface area contributed by atoms with Gasteiger partial charge < -0.3 is 19.9 Å². The molecule has 6 nitrogen and oxygen atoms in total. The van der Waals surface area contributed by atoms with Crippen LogP contribution in [0.2, 0.25) is 0 Å². The lowest BCUT2D eigenvalue weighted by molar-refractivity contribution is 0.0837. The van der Waals surface area contributed by atoms with E-state index in [-0.39, 0.29) is 5.78 Å². The summed E-state index contributed by atoms with van der Waals surface area (Å²) in [6, 6.07) is 5.15. The second-order valence-corrected chi connectivity index (χ2v) is 4.87. The van der Waals surface area contributed by atoms with Gasteiger partial charge in [0.25, 0.3) is 0 Å². The van der Waals surface area contributed by atoms with Gasteiger partial charge in [0.1, 0.15) is 5.75 Å². The summed E-state index contributed by atoms with van der Waals surface area (Å²) in [6.07, 6.45) is 0. The van der Waals surface area contributed by atoms with Crippen LogP contribution < -0.4 is 10.5 Å². The Labute approximate surface area is 132 Å². The molecule has 0 fully saturated rings. The molecule has 22 heavy (non-hydrogen) atoms. The number of anilines is 1. The lowest BCUT2D eigenvalue weighted by atomic mass is 10.1. The molecular formula is C16H26N2O4. The second kappa shape index (κ2) is 10.2. The van der Waals surface area contributed by atoms with Crippen molar-refractivity contribution in [1.29, 1.82) is 0 Å². The normalized spacial score (nSPS) is 10.9. The van der Waals surface area contributed by atoms with E-state index in [1.807, 2.05) is 11.8 Å². The Balaban J connectivity index is 2.69. The standard InChI is InChI=1S/C16H26N2O4/c1-4-22-16-6-5-13(11-14(16)17)15(19)12-18(7-9-20-2)8-10-21-3/h5-6,11H,4,7-10,12,17H2,1-3H3. The smallest absolute Gasteiger partial charge is 0.176 e. The van der Waals surface area contributed by atoms with E-state index in [0.29, 0.717) is 56.5 Å². The average molecular weight is 310 g/mol. The van der Waals surface area contributed by atoms with Crippen molar-refractivity contribution in [3.05, 3.63) is 23.8 Å². The Morgan fingerprint density at radius 2 is 1.82 bits per heavy atom. The summed E-state index contributed by atoms with van der Waals surface area (Å²) >= 11 is 0. The molecule has 124 valence electrons. The van der Waals surface area contributed by atoms with E-state index in [1.54, 1.807) is 32.4 Å². The van der Waals surface area contributed by atoms with E-state index in [1.165, 1.54) is 0 Å². The Hall–Kier alpha value is -1.63. The number of hydrogen-bond acceptors (Lipinski definition) is 6. The van der Waals surface area contributed by atoms with E-state index in [4.69, 9.17) is 19.9 Å². The summed E-state index contributed by atoms with van der Waals surface area (Å²) in [5.74, 6) is 0.622. The summed E-state index contributed by atoms with van der Waals surface area (Å²) in [7, 11) is 3.28. The van der Waals surface area contributed by atoms with E-state index < -0.39 is 0 Å². The van der Waals surface area contributed by atoms with Crippen LogP contribution in [-0.2, 0) is 9.47 Å². The molecule has 0 saturated carbocycles. The third kappa shape index (κ3) is 6.01. The highest BCUT2D eigenvalue weighted by atomic mass is 16.5. The van der Waals surface area contributed by atoms with Crippen LogP contribution in [0.3, 0.4) is 0 Å². The van der Waals surface area contributed by atoms with Crippen LogP contribution >= 0.6 is 0 Å². The summed E-state index contributed by atoms with van der Waals surface area (Å²) in [5, 5.41) is 0. The molecule has 0 bridgehead atoms. The lowest BCUT2D eigenvalue weighted by Gasteiger charge is -2.20. The zero-order valence-corrected chi connectivity index (χ0v) is 13.6. The number of rotatable bonds is 11. The van der Waals surface area contributed by atoms with Gasteiger partial charge in [-0.2, -0.15) is 0 Å². The molecule has 0 amide bonds. The summed E-state index contributed by atoms with van der Waals surface area (Å²) in [5.41, 5.74) is 6.97. The van der Waals surface area contributed by atoms with Crippen LogP contribution in [0, 0.1) is 0 Å². The molecule has 1 aromatic carbocycles. The van der Waals surface area contributed by atoms with Crippen molar-refractivity contribution in [3.8, 4) is 5.75 Å². The highest BCUT2D eigenvalue weighted by Gasteiger charge is 2.14. The molecule has 0 atom stereocenters. The van der Waals surface area contributed by atoms with Crippen LogP contribution in [-0.4, -0.2) is 64.4 Å². The van der Waals surface area contributed by atoms with Crippen LogP contribution in [0.4, 0.5) is 5.69 Å². The van der Waals surface area contributed by atoms with E-state index in [9.17, 15) is 4.79 Å². The molecule has 0 aliphatic carbocycles. The van der Waals surface area contributed by atoms with Crippen LogP contribution in [0.25, 0.3) is 0 Å². The first-order valence-corrected chi connectivity index (χ1v) is 7.38. The quantitative estimate of drug-likeness (QED) is 0.492. The Morgan fingerprint density at radius 3 is 2.32 bits per heavy atom. The summed E-state index contributed by atoms with van der Waals surface area (Å²) in [6.45, 7) is 5.24. The number of nitrogen functional groups attached to an aromatic ring is 1. The number of ketones is 1. The molecular weight excluding hydrogens is 284 g/mol. The van der Waals surface area contributed by atoms with Gasteiger partial charge in [0.15, 0.2) is 5.78 Å². The maximum absolute atomic E-state index is 12.4. The number of carbonyl (C=O) groups excluding carboxylic acids is 1. The first-order chi connectivity index (χ1) is 10.6. The zero-order chi connectivity index (χ0) is 16.4. The lowest BCUT2D eigenvalue weighted by Crippen LogP contribution is -2.35. The molecule has 0 heterocycles. The topological polar surface area (TPSA) is 74.0 Å². The monoisotopic (exact) mass is 310 g/mol. The molecule has 0 saturated heterocycles. The molecule has 0 aromatic heterocycles. The van der Waals surface area contributed by atoms with Crippen LogP contribution in [0.5, 0.6) is 5.75 Å². The molecule has 1 aromatic rings. The number of nitrogens with zero attached hydrogens (tertiary/aromatic N) is 1. The van der Waals surface area contributed by atoms with Gasteiger partial charge in [-0.3, -0.25) is 9.69 Å². The first-order valence-electron chi connectivity index (χ1n) is 7.38. The number of methoxy groups -OCH3 is 2. The molecule has 0 spiro atoms. The number of benzene rings is 1. The van der Waals surface area contributed by atoms with Crippen molar-refractivity contribution in [2.75, 3.05) is 59.4 Å². The maximum atomic E-state index is 12.4. The third-order valence-corrected chi connectivity index (χ3v) is 3.22. The van der Waals surface area contributed by atoms with E-state index in [0.717, 1.165) is 0 Å². The van der Waals surface area contributed by atoms with E-state index in [2.05, 4.69) is 0 Å². The highest BCUT2D eigenvalue weighted by molar-refractivity contribution is 5.98. The minimum absolute atomic E-state index is 0.0157. The number of carbonyl (C=O) groups is 1. The minimum Gasteiger partial charge on any atom is -0.492 e. The molecule has 0 aliphatic heterocycles. The van der Waals surface area contributed by atoms with Gasteiger partial charge in [0, 0.05) is 32.9 Å². The van der Waals surface area contributed by atoms with Crippen molar-refractivity contribution in [1.82, 2.24) is 4.90 Å². The van der Waals surface area contributed by atoms with Crippen molar-refractivity contribution < 1.29 is 19.0 Å². The van der Waals surface area contributed by atoms with Gasteiger partial charge in [-0.15, -0.1) is 0 Å². The van der Waals surface area contributed by atoms with Crippen LogP contribution in [0.15, 0.2) is 18.2 Å². The van der Waals surface area contributed by atoms with Gasteiger partial charge in [0.05, 0.1) is 32.1 Å². The molecule has 0 radical (unpaired) electrons. The molecule has 6 heteroatoms. The van der Waals surface area contributed by atoms with Gasteiger partial charge in [-0.25, -0.2) is 0 Å². The molecule has 0 aliphatic rings. The van der Waals surface area contributed by atoms with Gasteiger partial charge in [-0.1, -0.05) is 0 Å². The Bertz CT molecular complexity index is 457. The van der Waals surface area contributed by atoms with E-state index >= 15 is 0 Å². The average Bonchev–Trinajstić information content (AvgIpc) is 2.51. The number of nitrogens with two attached hydrogens (primary N) is 1. The maximum Gasteiger partial charge on any atom is 0.176 e. The van der Waals surface area contributed by atoms with Crippen molar-refractivity contribution in [3.63, 3.8) is 0 Å². The van der Waals surface area contributed by atoms with Crippen LogP contribution in [0.1, 0.15) is 17.3 Å². The summed E-state index contributed by atoms with van der Waals surface area (Å²) < 4.78 is 15.5.